The maximum atomic E-state index is 12.1. The number of anilines is 2. The Morgan fingerprint density at radius 2 is 1.76 bits per heavy atom. The lowest BCUT2D eigenvalue weighted by atomic mass is 10.1. The van der Waals surface area contributed by atoms with E-state index in [9.17, 15) is 9.59 Å². The first-order chi connectivity index (χ1) is 14.1. The highest BCUT2D eigenvalue weighted by Crippen LogP contribution is 2.32. The zero-order valence-electron chi connectivity index (χ0n) is 15.3. The van der Waals surface area contributed by atoms with Crippen molar-refractivity contribution in [2.45, 2.75) is 0 Å². The molecular formula is C22H17N3O4. The molecule has 1 aromatic heterocycles. The number of hydrogen-bond acceptors (Lipinski definition) is 5. The van der Waals surface area contributed by atoms with Gasteiger partial charge >= 0.3 is 5.97 Å². The number of nitrogens with zero attached hydrogens (tertiary/aromatic N) is 1. The number of carboxylic acid groups (broad SMARTS) is 1. The highest BCUT2D eigenvalue weighted by atomic mass is 16.5. The van der Waals surface area contributed by atoms with Crippen molar-refractivity contribution in [3.63, 3.8) is 0 Å². The molecule has 0 amide bonds. The lowest BCUT2D eigenvalue weighted by Gasteiger charge is -2.12. The molecule has 0 aliphatic carbocycles. The molecule has 144 valence electrons. The maximum Gasteiger partial charge on any atom is 0.341 e. The summed E-state index contributed by atoms with van der Waals surface area (Å²) in [5.74, 6) is -0.274. The van der Waals surface area contributed by atoms with Crippen molar-refractivity contribution in [1.29, 1.82) is 0 Å². The van der Waals surface area contributed by atoms with Gasteiger partial charge in [-0.15, -0.1) is 0 Å². The smallest absolute Gasteiger partial charge is 0.341 e. The fourth-order valence-electron chi connectivity index (χ4n) is 3.06. The van der Waals surface area contributed by atoms with Gasteiger partial charge in [-0.25, -0.2) is 9.78 Å². The van der Waals surface area contributed by atoms with Crippen LogP contribution in [0.2, 0.25) is 0 Å². The molecule has 0 fully saturated rings. The number of ether oxygens (including phenoxy) is 1. The molecule has 0 saturated carbocycles. The van der Waals surface area contributed by atoms with Gasteiger partial charge in [0.15, 0.2) is 6.61 Å². The van der Waals surface area contributed by atoms with Crippen LogP contribution < -0.4 is 15.6 Å². The fraction of sp³-hybridized carbons (Fsp3) is 0.0455. The van der Waals surface area contributed by atoms with Crippen LogP contribution in [-0.4, -0.2) is 27.7 Å². The van der Waals surface area contributed by atoms with E-state index in [0.717, 1.165) is 16.3 Å². The molecule has 0 unspecified atom stereocenters. The number of rotatable bonds is 6. The second-order valence-electron chi connectivity index (χ2n) is 6.31. The largest absolute Gasteiger partial charge is 0.481 e. The van der Waals surface area contributed by atoms with Crippen molar-refractivity contribution >= 4 is 28.4 Å². The highest BCUT2D eigenvalue weighted by molar-refractivity contribution is 5.98. The summed E-state index contributed by atoms with van der Waals surface area (Å²) in [7, 11) is 0. The molecule has 0 spiro atoms. The van der Waals surface area contributed by atoms with Crippen LogP contribution in [0.3, 0.4) is 0 Å². The third-order valence-electron chi connectivity index (χ3n) is 4.30. The molecule has 0 aliphatic rings. The lowest BCUT2D eigenvalue weighted by molar-refractivity contribution is -0.139. The minimum Gasteiger partial charge on any atom is -0.481 e. The van der Waals surface area contributed by atoms with E-state index in [-0.39, 0.29) is 5.56 Å². The summed E-state index contributed by atoms with van der Waals surface area (Å²) in [5, 5.41) is 13.6. The molecule has 0 radical (unpaired) electrons. The number of aromatic nitrogens is 2. The minimum absolute atomic E-state index is 0.271. The third-order valence-corrected chi connectivity index (χ3v) is 4.30. The highest BCUT2D eigenvalue weighted by Gasteiger charge is 2.10. The summed E-state index contributed by atoms with van der Waals surface area (Å²) in [4.78, 5) is 30.2. The zero-order chi connectivity index (χ0) is 20.2. The number of benzene rings is 3. The predicted octanol–water partition coefficient (Wildman–Crippen LogP) is 3.80. The van der Waals surface area contributed by atoms with Crippen LogP contribution in [0.1, 0.15) is 0 Å². The van der Waals surface area contributed by atoms with Crippen molar-refractivity contribution in [1.82, 2.24) is 9.97 Å². The van der Waals surface area contributed by atoms with Crippen LogP contribution in [0.25, 0.3) is 22.0 Å². The van der Waals surface area contributed by atoms with E-state index in [1.165, 1.54) is 6.07 Å². The van der Waals surface area contributed by atoms with Crippen molar-refractivity contribution in [2.24, 2.45) is 0 Å². The second-order valence-corrected chi connectivity index (χ2v) is 6.31. The Kier molecular flexibility index (Phi) is 4.94. The van der Waals surface area contributed by atoms with Crippen LogP contribution in [0.5, 0.6) is 5.75 Å². The Morgan fingerprint density at radius 3 is 2.55 bits per heavy atom. The number of nitrogens with one attached hydrogen (secondary N) is 2. The molecule has 1 heterocycles. The van der Waals surface area contributed by atoms with E-state index < -0.39 is 12.6 Å². The van der Waals surface area contributed by atoms with Crippen LogP contribution in [-0.2, 0) is 4.79 Å². The summed E-state index contributed by atoms with van der Waals surface area (Å²) < 4.78 is 5.38. The van der Waals surface area contributed by atoms with Crippen LogP contribution in [0.4, 0.5) is 11.6 Å². The van der Waals surface area contributed by atoms with E-state index >= 15 is 0 Å². The molecular weight excluding hydrogens is 370 g/mol. The monoisotopic (exact) mass is 387 g/mol. The summed E-state index contributed by atoms with van der Waals surface area (Å²) >= 11 is 0. The fourth-order valence-corrected chi connectivity index (χ4v) is 3.06. The Balaban J connectivity index is 1.72. The first kappa shape index (κ1) is 18.2. The maximum absolute atomic E-state index is 12.1. The molecule has 0 aliphatic heterocycles. The van der Waals surface area contributed by atoms with Gasteiger partial charge in [0.2, 0.25) is 5.95 Å². The molecule has 7 heteroatoms. The molecule has 29 heavy (non-hydrogen) atoms. The van der Waals surface area contributed by atoms with Gasteiger partial charge < -0.3 is 15.2 Å². The molecule has 3 aromatic carbocycles. The van der Waals surface area contributed by atoms with Crippen molar-refractivity contribution < 1.29 is 14.6 Å². The van der Waals surface area contributed by atoms with Gasteiger partial charge in [-0.2, -0.15) is 0 Å². The van der Waals surface area contributed by atoms with Gasteiger partial charge in [0.1, 0.15) is 5.75 Å². The minimum atomic E-state index is -1.05. The zero-order valence-corrected chi connectivity index (χ0v) is 15.3. The number of fused-ring (bicyclic) bond motifs is 1. The number of H-pyrrole nitrogens is 1. The quantitative estimate of drug-likeness (QED) is 0.465. The number of carboxylic acids is 1. The SMILES string of the molecule is O=C(O)COc1cccc2c(Nc3nc(-c4ccccc4)cc(=O)[nH]3)cccc12. The van der Waals surface area contributed by atoms with Gasteiger partial charge in [-0.1, -0.05) is 54.6 Å². The summed E-state index contributed by atoms with van der Waals surface area (Å²) in [6.07, 6.45) is 0. The standard InChI is InChI=1S/C22H17N3O4/c26-20-12-18(14-6-2-1-3-7-14)24-22(25-20)23-17-10-4-9-16-15(17)8-5-11-19(16)29-13-21(27)28/h1-12H,13H2,(H,27,28)(H2,23,24,25,26). The second kappa shape index (κ2) is 7.85. The molecule has 0 atom stereocenters. The van der Waals surface area contributed by atoms with Gasteiger partial charge in [-0.3, -0.25) is 9.78 Å². The molecule has 4 aromatic rings. The first-order valence-electron chi connectivity index (χ1n) is 8.90. The Morgan fingerprint density at radius 1 is 1.00 bits per heavy atom. The normalized spacial score (nSPS) is 10.6. The van der Waals surface area contributed by atoms with Gasteiger partial charge in [0.25, 0.3) is 5.56 Å². The van der Waals surface area contributed by atoms with Crippen LogP contribution in [0, 0.1) is 0 Å². The number of aliphatic carboxylic acids is 1. The van der Waals surface area contributed by atoms with Gasteiger partial charge in [0.05, 0.1) is 5.69 Å². The molecule has 0 saturated heterocycles. The Labute approximate surface area is 165 Å². The summed E-state index contributed by atoms with van der Waals surface area (Å²) in [6.45, 7) is -0.426. The summed E-state index contributed by atoms with van der Waals surface area (Å²) in [6, 6.07) is 21.8. The van der Waals surface area contributed by atoms with Gasteiger partial charge in [-0.05, 0) is 12.1 Å². The average Bonchev–Trinajstić information content (AvgIpc) is 2.73. The van der Waals surface area contributed by atoms with E-state index in [0.29, 0.717) is 23.1 Å². The lowest BCUT2D eigenvalue weighted by Crippen LogP contribution is -2.11. The van der Waals surface area contributed by atoms with Gasteiger partial charge in [0, 0.05) is 28.1 Å². The number of hydrogen-bond donors (Lipinski definition) is 3. The Hall–Kier alpha value is -4.13. The van der Waals surface area contributed by atoms with E-state index in [4.69, 9.17) is 9.84 Å². The molecule has 0 bridgehead atoms. The molecule has 3 N–H and O–H groups in total. The van der Waals surface area contributed by atoms with E-state index in [1.54, 1.807) is 12.1 Å². The first-order valence-corrected chi connectivity index (χ1v) is 8.90. The van der Waals surface area contributed by atoms with Crippen LogP contribution in [0.15, 0.2) is 77.6 Å². The molecule has 7 nitrogen and oxygen atoms in total. The van der Waals surface area contributed by atoms with Crippen molar-refractivity contribution in [3.8, 4) is 17.0 Å². The molecule has 4 rings (SSSR count). The van der Waals surface area contributed by atoms with E-state index in [2.05, 4.69) is 15.3 Å². The number of aromatic amines is 1. The third kappa shape index (κ3) is 4.08. The summed E-state index contributed by atoms with van der Waals surface area (Å²) in [5.41, 5.74) is 1.83. The average molecular weight is 387 g/mol. The topological polar surface area (TPSA) is 104 Å². The Bertz CT molecular complexity index is 1240. The van der Waals surface area contributed by atoms with Crippen molar-refractivity contribution in [2.75, 3.05) is 11.9 Å². The van der Waals surface area contributed by atoms with Crippen LogP contribution >= 0.6 is 0 Å². The van der Waals surface area contributed by atoms with E-state index in [1.807, 2.05) is 54.6 Å². The van der Waals surface area contributed by atoms with Crippen molar-refractivity contribution in [3.05, 3.63) is 83.2 Å². The predicted molar refractivity (Wildman–Crippen MR) is 111 cm³/mol. The number of carbonyl (C=O) groups is 1.